The van der Waals surface area contributed by atoms with Gasteiger partial charge >= 0.3 is 0 Å². The third kappa shape index (κ3) is 8.19. The molecule has 10 nitrogen and oxygen atoms in total. The first-order valence-corrected chi connectivity index (χ1v) is 15.4. The highest BCUT2D eigenvalue weighted by Crippen LogP contribution is 2.34. The first kappa shape index (κ1) is 33.3. The van der Waals surface area contributed by atoms with E-state index in [1.54, 1.807) is 56.5 Å². The molecular weight excluding hydrogens is 570 g/mol. The number of carbonyl (C=O) groups is 2. The Morgan fingerprint density at radius 1 is 0.884 bits per heavy atom. The van der Waals surface area contributed by atoms with Crippen molar-refractivity contribution in [2.45, 2.75) is 57.6 Å². The maximum absolute atomic E-state index is 14.1. The largest absolute Gasteiger partial charge is 0.497 e. The summed E-state index contributed by atoms with van der Waals surface area (Å²) in [7, 11) is 0.235. The quantitative estimate of drug-likeness (QED) is 0.285. The van der Waals surface area contributed by atoms with Gasteiger partial charge in [0, 0.05) is 18.7 Å². The lowest BCUT2D eigenvalue weighted by Gasteiger charge is -2.32. The van der Waals surface area contributed by atoms with Crippen molar-refractivity contribution in [3.05, 3.63) is 77.9 Å². The minimum Gasteiger partial charge on any atom is -0.497 e. The summed E-state index contributed by atoms with van der Waals surface area (Å²) >= 11 is 0. The number of aryl methyl sites for hydroxylation is 1. The number of sulfonamides is 1. The molecular formula is C32H41N3O7S. The summed E-state index contributed by atoms with van der Waals surface area (Å²) < 4.78 is 45.3. The monoisotopic (exact) mass is 611 g/mol. The topological polar surface area (TPSA) is 114 Å². The fraction of sp³-hybridized carbons (Fsp3) is 0.375. The SMILES string of the molecule is CC[C@@H](C)NC(=O)[C@@H](C)N(Cc1cccc(OC)c1)C(=O)CN(c1ccc(OC)c(OC)c1)S(=O)(=O)c1ccc(C)cc1. The average molecular weight is 612 g/mol. The zero-order valence-corrected chi connectivity index (χ0v) is 26.6. The summed E-state index contributed by atoms with van der Waals surface area (Å²) in [5.74, 6) is 0.381. The Hall–Kier alpha value is -4.25. The number of anilines is 1. The predicted octanol–water partition coefficient (Wildman–Crippen LogP) is 4.55. The number of amides is 2. The molecule has 2 amide bonds. The highest BCUT2D eigenvalue weighted by atomic mass is 32.2. The third-order valence-corrected chi connectivity index (χ3v) is 8.99. The molecule has 3 rings (SSSR count). The Bertz CT molecular complexity index is 1510. The van der Waals surface area contributed by atoms with Crippen molar-refractivity contribution in [2.24, 2.45) is 0 Å². The summed E-state index contributed by atoms with van der Waals surface area (Å²) in [6, 6.07) is 17.2. The van der Waals surface area contributed by atoms with E-state index in [9.17, 15) is 18.0 Å². The third-order valence-electron chi connectivity index (χ3n) is 7.20. The molecule has 0 radical (unpaired) electrons. The number of hydrogen-bond acceptors (Lipinski definition) is 7. The summed E-state index contributed by atoms with van der Waals surface area (Å²) in [6.07, 6.45) is 0.712. The maximum Gasteiger partial charge on any atom is 0.264 e. The van der Waals surface area contributed by atoms with E-state index in [-0.39, 0.29) is 29.1 Å². The van der Waals surface area contributed by atoms with Crippen LogP contribution in [0.2, 0.25) is 0 Å². The molecule has 0 spiro atoms. The van der Waals surface area contributed by atoms with Crippen molar-refractivity contribution in [3.63, 3.8) is 0 Å². The second-order valence-corrected chi connectivity index (χ2v) is 12.1. The molecule has 43 heavy (non-hydrogen) atoms. The molecule has 0 aromatic heterocycles. The van der Waals surface area contributed by atoms with Gasteiger partial charge in [-0.05, 0) is 69.2 Å². The molecule has 232 valence electrons. The lowest BCUT2D eigenvalue weighted by atomic mass is 10.1. The molecule has 0 heterocycles. The predicted molar refractivity (Wildman–Crippen MR) is 166 cm³/mol. The summed E-state index contributed by atoms with van der Waals surface area (Å²) in [4.78, 5) is 28.8. The maximum atomic E-state index is 14.1. The minimum atomic E-state index is -4.23. The summed E-state index contributed by atoms with van der Waals surface area (Å²) in [5, 5.41) is 2.93. The Labute approximate surface area is 254 Å². The van der Waals surface area contributed by atoms with Crippen molar-refractivity contribution in [3.8, 4) is 17.2 Å². The Kier molecular flexibility index (Phi) is 11.4. The average Bonchev–Trinajstić information content (AvgIpc) is 3.01. The molecule has 0 unspecified atom stereocenters. The van der Waals surface area contributed by atoms with Gasteiger partial charge in [0.25, 0.3) is 10.0 Å². The van der Waals surface area contributed by atoms with Crippen LogP contribution < -0.4 is 23.8 Å². The van der Waals surface area contributed by atoms with Gasteiger partial charge in [-0.15, -0.1) is 0 Å². The number of carbonyl (C=O) groups excluding carboxylic acids is 2. The molecule has 0 aliphatic carbocycles. The fourth-order valence-electron chi connectivity index (χ4n) is 4.36. The van der Waals surface area contributed by atoms with Crippen LogP contribution in [0.4, 0.5) is 5.69 Å². The van der Waals surface area contributed by atoms with Gasteiger partial charge in [0.05, 0.1) is 31.9 Å². The number of ether oxygens (including phenoxy) is 3. The van der Waals surface area contributed by atoms with Crippen molar-refractivity contribution in [1.82, 2.24) is 10.2 Å². The van der Waals surface area contributed by atoms with E-state index in [4.69, 9.17) is 14.2 Å². The van der Waals surface area contributed by atoms with Crippen LogP contribution in [0.5, 0.6) is 17.2 Å². The van der Waals surface area contributed by atoms with Crippen LogP contribution in [-0.4, -0.2) is 65.1 Å². The van der Waals surface area contributed by atoms with Gasteiger partial charge in [0.15, 0.2) is 11.5 Å². The van der Waals surface area contributed by atoms with Crippen LogP contribution >= 0.6 is 0 Å². The molecule has 0 bridgehead atoms. The highest BCUT2D eigenvalue weighted by Gasteiger charge is 2.33. The van der Waals surface area contributed by atoms with E-state index in [1.165, 1.54) is 37.3 Å². The Morgan fingerprint density at radius 3 is 2.16 bits per heavy atom. The molecule has 0 saturated heterocycles. The lowest BCUT2D eigenvalue weighted by molar-refractivity contribution is -0.139. The fourth-order valence-corrected chi connectivity index (χ4v) is 5.77. The second-order valence-electron chi connectivity index (χ2n) is 10.2. The minimum absolute atomic E-state index is 0.0163. The van der Waals surface area contributed by atoms with Gasteiger partial charge in [-0.1, -0.05) is 36.8 Å². The molecule has 0 aliphatic heterocycles. The highest BCUT2D eigenvalue weighted by molar-refractivity contribution is 7.92. The van der Waals surface area contributed by atoms with Gasteiger partial charge in [0.1, 0.15) is 18.3 Å². The number of nitrogens with zero attached hydrogens (tertiary/aromatic N) is 2. The van der Waals surface area contributed by atoms with Crippen LogP contribution in [-0.2, 0) is 26.2 Å². The van der Waals surface area contributed by atoms with Gasteiger partial charge in [-0.2, -0.15) is 0 Å². The Balaban J connectivity index is 2.09. The standard InChI is InChI=1S/C32H41N3O7S/c1-8-23(3)33-32(37)24(4)34(20-25-10-9-11-27(18-25)40-5)31(36)21-35(26-14-17-29(41-6)30(19-26)42-7)43(38,39)28-15-12-22(2)13-16-28/h9-19,23-24H,8,20-21H2,1-7H3,(H,33,37)/t23-,24-/m1/s1. The number of benzene rings is 3. The summed E-state index contributed by atoms with van der Waals surface area (Å²) in [5.41, 5.74) is 1.80. The first-order valence-electron chi connectivity index (χ1n) is 14.0. The zero-order valence-electron chi connectivity index (χ0n) is 25.8. The normalized spacial score (nSPS) is 12.5. The van der Waals surface area contributed by atoms with Crippen LogP contribution in [0, 0.1) is 6.92 Å². The summed E-state index contributed by atoms with van der Waals surface area (Å²) in [6.45, 7) is 6.79. The van der Waals surface area contributed by atoms with Crippen molar-refractivity contribution in [2.75, 3.05) is 32.2 Å². The number of hydrogen-bond donors (Lipinski definition) is 1. The van der Waals surface area contributed by atoms with Crippen LogP contribution in [0.25, 0.3) is 0 Å². The van der Waals surface area contributed by atoms with Crippen LogP contribution in [0.15, 0.2) is 71.6 Å². The lowest BCUT2D eigenvalue weighted by Crippen LogP contribution is -2.52. The molecule has 1 N–H and O–H groups in total. The van der Waals surface area contributed by atoms with Gasteiger partial charge < -0.3 is 24.4 Å². The smallest absolute Gasteiger partial charge is 0.264 e. The zero-order chi connectivity index (χ0) is 31.7. The molecule has 11 heteroatoms. The van der Waals surface area contributed by atoms with E-state index in [2.05, 4.69) is 5.32 Å². The Morgan fingerprint density at radius 2 is 1.56 bits per heavy atom. The molecule has 3 aromatic rings. The molecule has 0 fully saturated rings. The van der Waals surface area contributed by atoms with Crippen LogP contribution in [0.3, 0.4) is 0 Å². The number of methoxy groups -OCH3 is 3. The number of nitrogens with one attached hydrogen (secondary N) is 1. The van der Waals surface area contributed by atoms with Gasteiger partial charge in [0.2, 0.25) is 11.8 Å². The van der Waals surface area contributed by atoms with E-state index in [1.807, 2.05) is 26.8 Å². The number of rotatable bonds is 14. The van der Waals surface area contributed by atoms with E-state index < -0.39 is 28.5 Å². The molecule has 0 saturated carbocycles. The molecule has 0 aliphatic rings. The van der Waals surface area contributed by atoms with E-state index in [0.717, 1.165) is 15.4 Å². The first-order chi connectivity index (χ1) is 20.4. The van der Waals surface area contributed by atoms with Gasteiger partial charge in [-0.25, -0.2) is 8.42 Å². The van der Waals surface area contributed by atoms with E-state index >= 15 is 0 Å². The van der Waals surface area contributed by atoms with Crippen molar-refractivity contribution in [1.29, 1.82) is 0 Å². The van der Waals surface area contributed by atoms with Crippen molar-refractivity contribution < 1.29 is 32.2 Å². The van der Waals surface area contributed by atoms with E-state index in [0.29, 0.717) is 23.7 Å². The van der Waals surface area contributed by atoms with Crippen LogP contribution in [0.1, 0.15) is 38.3 Å². The molecule has 3 aromatic carbocycles. The molecule has 2 atom stereocenters. The second kappa shape index (κ2) is 14.8. The van der Waals surface area contributed by atoms with Gasteiger partial charge in [-0.3, -0.25) is 13.9 Å². The van der Waals surface area contributed by atoms with Crippen molar-refractivity contribution >= 4 is 27.5 Å².